The third-order valence-corrected chi connectivity index (χ3v) is 3.29. The zero-order chi connectivity index (χ0) is 13.2. The molecule has 3 heteroatoms. The predicted octanol–water partition coefficient (Wildman–Crippen LogP) is 4.51. The fourth-order valence-electron chi connectivity index (χ4n) is 1.56. The number of ether oxygens (including phenoxy) is 2. The highest BCUT2D eigenvalue weighted by atomic mass is 127. The summed E-state index contributed by atoms with van der Waals surface area (Å²) in [5, 5.41) is 0. The number of unbranched alkanes of at least 4 members (excludes halogenated alkanes) is 1. The molecule has 0 aliphatic rings. The topological polar surface area (TPSA) is 18.5 Å². The van der Waals surface area contributed by atoms with E-state index in [0.717, 1.165) is 29.4 Å². The van der Waals surface area contributed by atoms with Gasteiger partial charge in [0.15, 0.2) is 6.29 Å². The van der Waals surface area contributed by atoms with Crippen LogP contribution in [0.2, 0.25) is 0 Å². The predicted molar refractivity (Wildman–Crippen MR) is 84.0 cm³/mol. The lowest BCUT2D eigenvalue weighted by atomic mass is 10.1. The SMILES string of the molecule is C=CC(OC(CI)OCCCC)c1ccccc1. The summed E-state index contributed by atoms with van der Waals surface area (Å²) in [6.07, 6.45) is 3.75. The molecule has 0 amide bonds. The molecular formula is C15H21IO2. The fourth-order valence-corrected chi connectivity index (χ4v) is 2.02. The summed E-state index contributed by atoms with van der Waals surface area (Å²) < 4.78 is 12.5. The Morgan fingerprint density at radius 1 is 1.33 bits per heavy atom. The van der Waals surface area contributed by atoms with Crippen molar-refractivity contribution in [3.05, 3.63) is 48.6 Å². The first-order valence-electron chi connectivity index (χ1n) is 6.32. The van der Waals surface area contributed by atoms with Gasteiger partial charge in [-0.2, -0.15) is 0 Å². The molecule has 100 valence electrons. The maximum atomic E-state index is 5.93. The van der Waals surface area contributed by atoms with Gasteiger partial charge >= 0.3 is 0 Å². The van der Waals surface area contributed by atoms with Crippen LogP contribution in [0.4, 0.5) is 0 Å². The normalized spacial score (nSPS) is 14.1. The lowest BCUT2D eigenvalue weighted by molar-refractivity contribution is -0.146. The molecule has 0 aromatic heterocycles. The molecule has 2 atom stereocenters. The molecule has 0 saturated heterocycles. The van der Waals surface area contributed by atoms with E-state index in [0.29, 0.717) is 0 Å². The Hall–Kier alpha value is -0.390. The van der Waals surface area contributed by atoms with Crippen LogP contribution in [0.25, 0.3) is 0 Å². The van der Waals surface area contributed by atoms with Crippen LogP contribution in [-0.4, -0.2) is 17.3 Å². The van der Waals surface area contributed by atoms with Gasteiger partial charge in [0.05, 0.1) is 4.43 Å². The average molecular weight is 360 g/mol. The van der Waals surface area contributed by atoms with Crippen LogP contribution in [0.5, 0.6) is 0 Å². The Morgan fingerprint density at radius 2 is 2.06 bits per heavy atom. The molecule has 0 aliphatic carbocycles. The molecule has 2 nitrogen and oxygen atoms in total. The van der Waals surface area contributed by atoms with E-state index >= 15 is 0 Å². The minimum atomic E-state index is -0.166. The molecule has 2 unspecified atom stereocenters. The summed E-state index contributed by atoms with van der Waals surface area (Å²) in [7, 11) is 0. The van der Waals surface area contributed by atoms with Crippen LogP contribution < -0.4 is 0 Å². The largest absolute Gasteiger partial charge is 0.352 e. The van der Waals surface area contributed by atoms with Gasteiger partial charge < -0.3 is 9.47 Å². The molecule has 0 aliphatic heterocycles. The first-order chi connectivity index (χ1) is 8.81. The minimum absolute atomic E-state index is 0.104. The number of hydrogen-bond acceptors (Lipinski definition) is 2. The summed E-state index contributed by atoms with van der Waals surface area (Å²) in [6.45, 7) is 6.74. The van der Waals surface area contributed by atoms with Crippen LogP contribution in [-0.2, 0) is 9.47 Å². The third-order valence-electron chi connectivity index (χ3n) is 2.57. The van der Waals surface area contributed by atoms with Crippen LogP contribution in [0.3, 0.4) is 0 Å². The minimum Gasteiger partial charge on any atom is -0.352 e. The number of benzene rings is 1. The Labute approximate surface area is 124 Å². The Kier molecular flexibility index (Phi) is 8.29. The standard InChI is InChI=1S/C15H21IO2/c1-3-5-11-17-15(12-16)18-14(4-2)13-9-7-6-8-10-13/h4,6-10,14-15H,2-3,5,11-12H2,1H3. The monoisotopic (exact) mass is 360 g/mol. The Balaban J connectivity index is 2.52. The molecule has 0 saturated carbocycles. The fraction of sp³-hybridized carbons (Fsp3) is 0.467. The van der Waals surface area contributed by atoms with Crippen molar-refractivity contribution in [3.8, 4) is 0 Å². The van der Waals surface area contributed by atoms with Crippen molar-refractivity contribution in [2.75, 3.05) is 11.0 Å². The molecule has 0 radical (unpaired) electrons. The van der Waals surface area contributed by atoms with Crippen molar-refractivity contribution in [1.29, 1.82) is 0 Å². The second kappa shape index (κ2) is 9.53. The van der Waals surface area contributed by atoms with Gasteiger partial charge in [-0.15, -0.1) is 6.58 Å². The van der Waals surface area contributed by atoms with Crippen molar-refractivity contribution in [2.45, 2.75) is 32.2 Å². The van der Waals surface area contributed by atoms with Gasteiger partial charge in [0.25, 0.3) is 0 Å². The molecule has 0 N–H and O–H groups in total. The molecule has 0 bridgehead atoms. The van der Waals surface area contributed by atoms with Gasteiger partial charge in [-0.1, -0.05) is 72.3 Å². The molecule has 1 aromatic rings. The van der Waals surface area contributed by atoms with Gasteiger partial charge in [0.2, 0.25) is 0 Å². The van der Waals surface area contributed by atoms with Gasteiger partial charge in [0, 0.05) is 6.61 Å². The molecule has 0 heterocycles. The van der Waals surface area contributed by atoms with Crippen molar-refractivity contribution in [2.24, 2.45) is 0 Å². The van der Waals surface area contributed by atoms with Crippen molar-refractivity contribution >= 4 is 22.6 Å². The molecule has 18 heavy (non-hydrogen) atoms. The van der Waals surface area contributed by atoms with Crippen LogP contribution in [0.15, 0.2) is 43.0 Å². The van der Waals surface area contributed by atoms with Crippen molar-refractivity contribution < 1.29 is 9.47 Å². The quantitative estimate of drug-likeness (QED) is 0.212. The van der Waals surface area contributed by atoms with Crippen LogP contribution in [0, 0.1) is 0 Å². The molecule has 0 spiro atoms. The van der Waals surface area contributed by atoms with Gasteiger partial charge in [-0.25, -0.2) is 0 Å². The summed E-state index contributed by atoms with van der Waals surface area (Å²) in [4.78, 5) is 0. The van der Waals surface area contributed by atoms with Crippen LogP contribution in [0.1, 0.15) is 31.4 Å². The molecule has 1 rings (SSSR count). The first-order valence-corrected chi connectivity index (χ1v) is 7.84. The highest BCUT2D eigenvalue weighted by Crippen LogP contribution is 2.21. The van der Waals surface area contributed by atoms with E-state index in [1.165, 1.54) is 0 Å². The van der Waals surface area contributed by atoms with Gasteiger partial charge in [-0.05, 0) is 12.0 Å². The highest BCUT2D eigenvalue weighted by Gasteiger charge is 2.15. The van der Waals surface area contributed by atoms with E-state index in [-0.39, 0.29) is 12.4 Å². The summed E-state index contributed by atoms with van der Waals surface area (Å²) in [5.41, 5.74) is 1.11. The summed E-state index contributed by atoms with van der Waals surface area (Å²) >= 11 is 2.29. The van der Waals surface area contributed by atoms with E-state index in [2.05, 4.69) is 36.1 Å². The van der Waals surface area contributed by atoms with E-state index in [1.54, 1.807) is 0 Å². The lowest BCUT2D eigenvalue weighted by Crippen LogP contribution is -2.21. The molecule has 1 aromatic carbocycles. The number of hydrogen-bond donors (Lipinski definition) is 0. The maximum absolute atomic E-state index is 5.93. The lowest BCUT2D eigenvalue weighted by Gasteiger charge is -2.22. The first kappa shape index (κ1) is 15.7. The summed E-state index contributed by atoms with van der Waals surface area (Å²) in [6, 6.07) is 10.1. The van der Waals surface area contributed by atoms with E-state index in [9.17, 15) is 0 Å². The van der Waals surface area contributed by atoms with Crippen LogP contribution >= 0.6 is 22.6 Å². The Morgan fingerprint density at radius 3 is 2.61 bits per heavy atom. The number of rotatable bonds is 9. The van der Waals surface area contributed by atoms with E-state index in [1.807, 2.05) is 36.4 Å². The number of halogens is 1. The second-order valence-electron chi connectivity index (χ2n) is 4.01. The third kappa shape index (κ3) is 5.50. The Bertz CT molecular complexity index is 327. The molecular weight excluding hydrogens is 339 g/mol. The number of alkyl halides is 1. The summed E-state index contributed by atoms with van der Waals surface area (Å²) in [5.74, 6) is 0. The van der Waals surface area contributed by atoms with Gasteiger partial charge in [0.1, 0.15) is 6.10 Å². The maximum Gasteiger partial charge on any atom is 0.167 e. The van der Waals surface area contributed by atoms with E-state index < -0.39 is 0 Å². The zero-order valence-corrected chi connectivity index (χ0v) is 13.0. The zero-order valence-electron chi connectivity index (χ0n) is 10.8. The smallest absolute Gasteiger partial charge is 0.167 e. The van der Waals surface area contributed by atoms with Crippen molar-refractivity contribution in [1.82, 2.24) is 0 Å². The average Bonchev–Trinajstić information content (AvgIpc) is 2.43. The van der Waals surface area contributed by atoms with Crippen molar-refractivity contribution in [3.63, 3.8) is 0 Å². The van der Waals surface area contributed by atoms with E-state index in [4.69, 9.17) is 9.47 Å². The second-order valence-corrected chi connectivity index (χ2v) is 4.89. The molecule has 0 fully saturated rings. The van der Waals surface area contributed by atoms with Gasteiger partial charge in [-0.3, -0.25) is 0 Å². The highest BCUT2D eigenvalue weighted by molar-refractivity contribution is 14.1.